The van der Waals surface area contributed by atoms with Gasteiger partial charge in [0.2, 0.25) is 0 Å². The lowest BCUT2D eigenvalue weighted by Gasteiger charge is -2.22. The number of aliphatic hydroxyl groups is 1. The van der Waals surface area contributed by atoms with Gasteiger partial charge in [-0.05, 0) is 19.5 Å². The van der Waals surface area contributed by atoms with Crippen LogP contribution < -0.4 is 0 Å². The molecule has 0 aliphatic heterocycles. The standard InChI is InChI=1S/C8H16ClNO/c1-7(4-9)5-10(3)8(2)6-11/h8,11H,1,4-6H2,2-3H3. The van der Waals surface area contributed by atoms with Crippen LogP contribution in [0.2, 0.25) is 0 Å². The summed E-state index contributed by atoms with van der Waals surface area (Å²) in [6, 6.07) is 0.176. The highest BCUT2D eigenvalue weighted by atomic mass is 35.5. The average molecular weight is 178 g/mol. The van der Waals surface area contributed by atoms with Gasteiger partial charge in [0, 0.05) is 18.5 Å². The number of nitrogens with zero attached hydrogens (tertiary/aromatic N) is 1. The van der Waals surface area contributed by atoms with E-state index in [0.717, 1.165) is 12.1 Å². The highest BCUT2D eigenvalue weighted by molar-refractivity contribution is 6.19. The van der Waals surface area contributed by atoms with Crippen molar-refractivity contribution in [1.29, 1.82) is 0 Å². The van der Waals surface area contributed by atoms with Crippen LogP contribution in [0.15, 0.2) is 12.2 Å². The van der Waals surface area contributed by atoms with E-state index in [1.54, 1.807) is 0 Å². The Hall–Kier alpha value is -0.0500. The second-order valence-electron chi connectivity index (χ2n) is 2.83. The molecule has 0 spiro atoms. The van der Waals surface area contributed by atoms with Crippen molar-refractivity contribution in [2.24, 2.45) is 0 Å². The summed E-state index contributed by atoms with van der Waals surface area (Å²) in [4.78, 5) is 2.02. The SMILES string of the molecule is C=C(CCl)CN(C)C(C)CO. The molecule has 0 aliphatic carbocycles. The largest absolute Gasteiger partial charge is 0.395 e. The summed E-state index contributed by atoms with van der Waals surface area (Å²) in [6.07, 6.45) is 0. The van der Waals surface area contributed by atoms with Crippen molar-refractivity contribution in [3.05, 3.63) is 12.2 Å². The molecular formula is C8H16ClNO. The molecule has 3 heteroatoms. The van der Waals surface area contributed by atoms with Crippen LogP contribution in [0.3, 0.4) is 0 Å². The van der Waals surface area contributed by atoms with Crippen LogP contribution in [0.5, 0.6) is 0 Å². The first-order chi connectivity index (χ1) is 5.11. The van der Waals surface area contributed by atoms with E-state index >= 15 is 0 Å². The Morgan fingerprint density at radius 3 is 2.64 bits per heavy atom. The predicted molar refractivity (Wildman–Crippen MR) is 49.0 cm³/mol. The topological polar surface area (TPSA) is 23.5 Å². The Morgan fingerprint density at radius 2 is 2.27 bits per heavy atom. The van der Waals surface area contributed by atoms with E-state index in [1.807, 2.05) is 18.9 Å². The molecule has 0 amide bonds. The van der Waals surface area contributed by atoms with Gasteiger partial charge in [0.1, 0.15) is 0 Å². The summed E-state index contributed by atoms with van der Waals surface area (Å²) in [6.45, 7) is 6.66. The van der Waals surface area contributed by atoms with Gasteiger partial charge in [-0.15, -0.1) is 11.6 Å². The minimum absolute atomic E-state index is 0.173. The van der Waals surface area contributed by atoms with Crippen molar-refractivity contribution in [3.8, 4) is 0 Å². The zero-order chi connectivity index (χ0) is 8.85. The van der Waals surface area contributed by atoms with E-state index < -0.39 is 0 Å². The van der Waals surface area contributed by atoms with Gasteiger partial charge in [-0.2, -0.15) is 0 Å². The first-order valence-corrected chi connectivity index (χ1v) is 4.19. The molecule has 1 N–H and O–H groups in total. The summed E-state index contributed by atoms with van der Waals surface area (Å²) >= 11 is 5.56. The number of halogens is 1. The molecule has 66 valence electrons. The smallest absolute Gasteiger partial charge is 0.0584 e. The molecule has 0 bridgehead atoms. The summed E-state index contributed by atoms with van der Waals surface area (Å²) in [5, 5.41) is 8.79. The molecule has 0 fully saturated rings. The van der Waals surface area contributed by atoms with Crippen LogP contribution in [0, 0.1) is 0 Å². The van der Waals surface area contributed by atoms with Crippen LogP contribution in [0.25, 0.3) is 0 Å². The van der Waals surface area contributed by atoms with E-state index in [1.165, 1.54) is 0 Å². The molecule has 0 heterocycles. The van der Waals surface area contributed by atoms with Crippen molar-refractivity contribution in [2.75, 3.05) is 26.1 Å². The van der Waals surface area contributed by atoms with Crippen molar-refractivity contribution in [1.82, 2.24) is 4.90 Å². The van der Waals surface area contributed by atoms with Gasteiger partial charge in [-0.3, -0.25) is 4.90 Å². The highest BCUT2D eigenvalue weighted by Crippen LogP contribution is 2.00. The fourth-order valence-electron chi connectivity index (χ4n) is 0.690. The lowest BCUT2D eigenvalue weighted by Crippen LogP contribution is -2.33. The Balaban J connectivity index is 3.67. The van der Waals surface area contributed by atoms with Crippen LogP contribution in [-0.2, 0) is 0 Å². The zero-order valence-electron chi connectivity index (χ0n) is 7.18. The molecule has 0 saturated heterocycles. The highest BCUT2D eigenvalue weighted by Gasteiger charge is 2.07. The van der Waals surface area contributed by atoms with Crippen LogP contribution in [0.4, 0.5) is 0 Å². The number of alkyl halides is 1. The van der Waals surface area contributed by atoms with Gasteiger partial charge in [0.05, 0.1) is 6.61 Å². The molecule has 0 rings (SSSR count). The second kappa shape index (κ2) is 5.58. The van der Waals surface area contributed by atoms with Crippen LogP contribution >= 0.6 is 11.6 Å². The van der Waals surface area contributed by atoms with Crippen molar-refractivity contribution in [2.45, 2.75) is 13.0 Å². The third kappa shape index (κ3) is 4.40. The predicted octanol–water partition coefficient (Wildman–Crippen LogP) is 1.09. The number of rotatable bonds is 5. The first kappa shape index (κ1) is 11.0. The van der Waals surface area contributed by atoms with Gasteiger partial charge in [0.15, 0.2) is 0 Å². The summed E-state index contributed by atoms with van der Waals surface area (Å²) < 4.78 is 0. The van der Waals surface area contributed by atoms with Crippen LogP contribution in [-0.4, -0.2) is 42.1 Å². The maximum Gasteiger partial charge on any atom is 0.0584 e. The average Bonchev–Trinajstić information content (AvgIpc) is 2.02. The quantitative estimate of drug-likeness (QED) is 0.502. The molecule has 1 unspecified atom stereocenters. The molecule has 0 aromatic rings. The van der Waals surface area contributed by atoms with Gasteiger partial charge in [0.25, 0.3) is 0 Å². The maximum absolute atomic E-state index is 8.79. The number of hydrogen-bond acceptors (Lipinski definition) is 2. The Kier molecular flexibility index (Phi) is 5.56. The fraction of sp³-hybridized carbons (Fsp3) is 0.750. The Labute approximate surface area is 73.5 Å². The summed E-state index contributed by atoms with van der Waals surface area (Å²) in [7, 11) is 1.94. The summed E-state index contributed by atoms with van der Waals surface area (Å²) in [5.74, 6) is 0.489. The lowest BCUT2D eigenvalue weighted by atomic mass is 10.2. The molecule has 0 radical (unpaired) electrons. The second-order valence-corrected chi connectivity index (χ2v) is 3.10. The Morgan fingerprint density at radius 1 is 1.73 bits per heavy atom. The monoisotopic (exact) mass is 177 g/mol. The van der Waals surface area contributed by atoms with Crippen molar-refractivity contribution >= 4 is 11.6 Å². The zero-order valence-corrected chi connectivity index (χ0v) is 7.93. The van der Waals surface area contributed by atoms with Crippen molar-refractivity contribution < 1.29 is 5.11 Å². The normalized spacial score (nSPS) is 13.5. The summed E-state index contributed by atoms with van der Waals surface area (Å²) in [5.41, 5.74) is 0.981. The molecule has 11 heavy (non-hydrogen) atoms. The van der Waals surface area contributed by atoms with Gasteiger partial charge in [-0.1, -0.05) is 6.58 Å². The number of likely N-dealkylation sites (N-methyl/N-ethyl adjacent to an activating group) is 1. The molecule has 0 aromatic carbocycles. The molecule has 0 aromatic heterocycles. The van der Waals surface area contributed by atoms with E-state index in [0.29, 0.717) is 5.88 Å². The van der Waals surface area contributed by atoms with Crippen molar-refractivity contribution in [3.63, 3.8) is 0 Å². The minimum atomic E-state index is 0.173. The third-order valence-electron chi connectivity index (χ3n) is 1.68. The van der Waals surface area contributed by atoms with Gasteiger partial charge < -0.3 is 5.11 Å². The van der Waals surface area contributed by atoms with Gasteiger partial charge in [-0.25, -0.2) is 0 Å². The molecule has 1 atom stereocenters. The van der Waals surface area contributed by atoms with E-state index in [9.17, 15) is 0 Å². The third-order valence-corrected chi connectivity index (χ3v) is 2.06. The molecule has 0 aliphatic rings. The Bertz CT molecular complexity index is 127. The maximum atomic E-state index is 8.79. The minimum Gasteiger partial charge on any atom is -0.395 e. The molecule has 2 nitrogen and oxygen atoms in total. The molecular weight excluding hydrogens is 162 g/mol. The first-order valence-electron chi connectivity index (χ1n) is 3.65. The van der Waals surface area contributed by atoms with E-state index in [2.05, 4.69) is 6.58 Å². The van der Waals surface area contributed by atoms with E-state index in [4.69, 9.17) is 16.7 Å². The lowest BCUT2D eigenvalue weighted by molar-refractivity contribution is 0.168. The van der Waals surface area contributed by atoms with Crippen LogP contribution in [0.1, 0.15) is 6.92 Å². The fourth-order valence-corrected chi connectivity index (χ4v) is 0.775. The van der Waals surface area contributed by atoms with Gasteiger partial charge >= 0.3 is 0 Å². The molecule has 0 saturated carbocycles. The van der Waals surface area contributed by atoms with E-state index in [-0.39, 0.29) is 12.6 Å². The number of hydrogen-bond donors (Lipinski definition) is 1. The number of aliphatic hydroxyl groups excluding tert-OH is 1.